The molecular formula is C25H22FN3O3. The molecule has 0 bridgehead atoms. The number of hydrogen-bond donors (Lipinski definition) is 1. The summed E-state index contributed by atoms with van der Waals surface area (Å²) in [6.45, 7) is 0.721. The van der Waals surface area contributed by atoms with Gasteiger partial charge in [-0.15, -0.1) is 0 Å². The maximum Gasteiger partial charge on any atom is 0.245 e. The number of nitrogens with one attached hydrogen (secondary N) is 1. The van der Waals surface area contributed by atoms with Crippen LogP contribution in [0.5, 0.6) is 5.75 Å². The molecule has 1 atom stereocenters. The van der Waals surface area contributed by atoms with E-state index in [2.05, 4.69) is 10.5 Å². The number of halogens is 1. The predicted octanol–water partition coefficient (Wildman–Crippen LogP) is 3.91. The van der Waals surface area contributed by atoms with Gasteiger partial charge in [0.15, 0.2) is 0 Å². The molecule has 1 N–H and O–H groups in total. The molecule has 0 unspecified atom stereocenters. The van der Waals surface area contributed by atoms with Crippen LogP contribution in [0.3, 0.4) is 0 Å². The summed E-state index contributed by atoms with van der Waals surface area (Å²) < 4.78 is 18.8. The number of hydrazone groups is 1. The number of rotatable bonds is 7. The maximum absolute atomic E-state index is 13.1. The van der Waals surface area contributed by atoms with Crippen LogP contribution in [0.25, 0.3) is 0 Å². The Balaban J connectivity index is 1.27. The van der Waals surface area contributed by atoms with E-state index >= 15 is 0 Å². The molecule has 0 aromatic heterocycles. The Hall–Kier alpha value is -4.00. The van der Waals surface area contributed by atoms with Crippen LogP contribution in [-0.2, 0) is 16.2 Å². The van der Waals surface area contributed by atoms with E-state index in [1.165, 1.54) is 35.4 Å². The zero-order chi connectivity index (χ0) is 22.3. The van der Waals surface area contributed by atoms with Crippen LogP contribution in [-0.4, -0.2) is 24.6 Å². The summed E-state index contributed by atoms with van der Waals surface area (Å²) in [6, 6.07) is 22.9. The van der Waals surface area contributed by atoms with Gasteiger partial charge in [-0.25, -0.2) is 9.82 Å². The second kappa shape index (κ2) is 9.87. The number of amides is 2. The molecule has 32 heavy (non-hydrogen) atoms. The summed E-state index contributed by atoms with van der Waals surface area (Å²) in [6.07, 6.45) is 1.62. The predicted molar refractivity (Wildman–Crippen MR) is 120 cm³/mol. The minimum atomic E-state index is -0.515. The first-order valence-electron chi connectivity index (χ1n) is 10.2. The maximum atomic E-state index is 13.1. The molecule has 7 heteroatoms. The average Bonchev–Trinajstić information content (AvgIpc) is 3.21. The molecule has 6 nitrogen and oxygen atoms in total. The smallest absolute Gasteiger partial charge is 0.245 e. The van der Waals surface area contributed by atoms with E-state index in [0.29, 0.717) is 12.3 Å². The summed E-state index contributed by atoms with van der Waals surface area (Å²) in [5, 5.41) is 4.00. The normalized spacial score (nSPS) is 15.8. The largest absolute Gasteiger partial charge is 0.489 e. The Morgan fingerprint density at radius 2 is 1.78 bits per heavy atom. The Kier molecular flexibility index (Phi) is 6.55. The van der Waals surface area contributed by atoms with Crippen molar-refractivity contribution in [2.45, 2.75) is 13.0 Å². The van der Waals surface area contributed by atoms with Gasteiger partial charge in [-0.3, -0.25) is 9.59 Å². The highest BCUT2D eigenvalue weighted by atomic mass is 19.1. The van der Waals surface area contributed by atoms with Crippen molar-refractivity contribution in [1.29, 1.82) is 0 Å². The van der Waals surface area contributed by atoms with Crippen molar-refractivity contribution in [2.24, 2.45) is 11.0 Å². The second-order valence-electron chi connectivity index (χ2n) is 7.46. The molecule has 162 valence electrons. The van der Waals surface area contributed by atoms with Crippen LogP contribution in [0.2, 0.25) is 0 Å². The van der Waals surface area contributed by atoms with E-state index in [1.807, 2.05) is 54.6 Å². The van der Waals surface area contributed by atoms with Gasteiger partial charge in [0.2, 0.25) is 11.8 Å². The minimum Gasteiger partial charge on any atom is -0.489 e. The lowest BCUT2D eigenvalue weighted by Gasteiger charge is -2.16. The molecule has 0 aliphatic carbocycles. The molecule has 0 saturated carbocycles. The van der Waals surface area contributed by atoms with Gasteiger partial charge in [0, 0.05) is 18.7 Å². The van der Waals surface area contributed by atoms with Crippen molar-refractivity contribution >= 4 is 23.7 Å². The van der Waals surface area contributed by atoms with Crippen LogP contribution in [0.1, 0.15) is 17.5 Å². The quantitative estimate of drug-likeness (QED) is 0.456. The van der Waals surface area contributed by atoms with Crippen LogP contribution in [0.4, 0.5) is 10.1 Å². The molecule has 1 aliphatic rings. The standard InChI is InChI=1S/C25H22FN3O3/c26-21-8-10-22(11-9-21)29-16-20(14-24(29)30)25(31)28-27-15-18-6-12-23(13-7-18)32-17-19-4-2-1-3-5-19/h1-13,15,20H,14,16-17H2,(H,28,31)/b27-15-/t20-/m1/s1. The van der Waals surface area contributed by atoms with Crippen molar-refractivity contribution in [1.82, 2.24) is 5.43 Å². The van der Waals surface area contributed by atoms with E-state index in [1.54, 1.807) is 0 Å². The van der Waals surface area contributed by atoms with Crippen LogP contribution < -0.4 is 15.1 Å². The highest BCUT2D eigenvalue weighted by molar-refractivity contribution is 6.00. The number of nitrogens with zero attached hydrogens (tertiary/aromatic N) is 2. The van der Waals surface area contributed by atoms with Gasteiger partial charge >= 0.3 is 0 Å². The molecule has 1 aliphatic heterocycles. The zero-order valence-electron chi connectivity index (χ0n) is 17.3. The van der Waals surface area contributed by atoms with Gasteiger partial charge in [0.1, 0.15) is 18.2 Å². The Labute approximate surface area is 185 Å². The van der Waals surface area contributed by atoms with E-state index < -0.39 is 5.92 Å². The van der Waals surface area contributed by atoms with Crippen LogP contribution in [0.15, 0.2) is 84.0 Å². The number of carbonyl (C=O) groups is 2. The summed E-state index contributed by atoms with van der Waals surface area (Å²) >= 11 is 0. The van der Waals surface area contributed by atoms with E-state index in [0.717, 1.165) is 16.9 Å². The van der Waals surface area contributed by atoms with Crippen molar-refractivity contribution in [3.63, 3.8) is 0 Å². The third-order valence-electron chi connectivity index (χ3n) is 5.15. The fourth-order valence-corrected chi connectivity index (χ4v) is 3.41. The van der Waals surface area contributed by atoms with E-state index in [9.17, 15) is 14.0 Å². The first kappa shape index (κ1) is 21.2. The Bertz CT molecular complexity index is 1100. The number of anilines is 1. The molecule has 1 fully saturated rings. The molecule has 4 rings (SSSR count). The minimum absolute atomic E-state index is 0.0895. The van der Waals surface area contributed by atoms with Gasteiger partial charge in [0.05, 0.1) is 12.1 Å². The van der Waals surface area contributed by atoms with Crippen molar-refractivity contribution in [2.75, 3.05) is 11.4 Å². The van der Waals surface area contributed by atoms with Crippen LogP contribution in [0, 0.1) is 11.7 Å². The van der Waals surface area contributed by atoms with E-state index in [-0.39, 0.29) is 30.6 Å². The van der Waals surface area contributed by atoms with Crippen molar-refractivity contribution in [3.05, 3.63) is 95.8 Å². The number of carbonyl (C=O) groups excluding carboxylic acids is 2. The molecule has 1 heterocycles. The number of hydrogen-bond acceptors (Lipinski definition) is 4. The highest BCUT2D eigenvalue weighted by Gasteiger charge is 2.35. The molecule has 1 saturated heterocycles. The second-order valence-corrected chi connectivity index (χ2v) is 7.46. The van der Waals surface area contributed by atoms with Gasteiger partial charge < -0.3 is 9.64 Å². The summed E-state index contributed by atoms with van der Waals surface area (Å²) in [5.74, 6) is -0.660. The first-order valence-corrected chi connectivity index (χ1v) is 10.2. The monoisotopic (exact) mass is 431 g/mol. The summed E-state index contributed by atoms with van der Waals surface area (Å²) in [5.41, 5.74) is 4.96. The van der Waals surface area contributed by atoms with Crippen LogP contribution >= 0.6 is 0 Å². The van der Waals surface area contributed by atoms with Gasteiger partial charge in [-0.2, -0.15) is 5.10 Å². The SMILES string of the molecule is O=C(N/N=C\c1ccc(OCc2ccccc2)cc1)[C@@H]1CC(=O)N(c2ccc(F)cc2)C1. The topological polar surface area (TPSA) is 71.0 Å². The zero-order valence-corrected chi connectivity index (χ0v) is 17.3. The molecule has 0 radical (unpaired) electrons. The van der Waals surface area contributed by atoms with E-state index in [4.69, 9.17) is 4.74 Å². The lowest BCUT2D eigenvalue weighted by molar-refractivity contribution is -0.126. The van der Waals surface area contributed by atoms with Gasteiger partial charge in [-0.05, 0) is 59.7 Å². The third kappa shape index (κ3) is 5.37. The molecule has 0 spiro atoms. The van der Waals surface area contributed by atoms with Gasteiger partial charge in [-0.1, -0.05) is 30.3 Å². The fraction of sp³-hybridized carbons (Fsp3) is 0.160. The number of benzene rings is 3. The van der Waals surface area contributed by atoms with Crippen molar-refractivity contribution in [3.8, 4) is 5.75 Å². The Morgan fingerprint density at radius 1 is 1.06 bits per heavy atom. The molecule has 3 aromatic carbocycles. The molecular weight excluding hydrogens is 409 g/mol. The highest BCUT2D eigenvalue weighted by Crippen LogP contribution is 2.25. The number of ether oxygens (including phenoxy) is 1. The summed E-state index contributed by atoms with van der Waals surface area (Å²) in [4.78, 5) is 26.1. The average molecular weight is 431 g/mol. The molecule has 3 aromatic rings. The lowest BCUT2D eigenvalue weighted by Crippen LogP contribution is -2.30. The first-order chi connectivity index (χ1) is 15.6. The fourth-order valence-electron chi connectivity index (χ4n) is 3.41. The van der Waals surface area contributed by atoms with Crippen molar-refractivity contribution < 1.29 is 18.7 Å². The lowest BCUT2D eigenvalue weighted by atomic mass is 10.1. The Morgan fingerprint density at radius 3 is 2.50 bits per heavy atom. The van der Waals surface area contributed by atoms with Gasteiger partial charge in [0.25, 0.3) is 0 Å². The summed E-state index contributed by atoms with van der Waals surface area (Å²) in [7, 11) is 0. The third-order valence-corrected chi connectivity index (χ3v) is 5.15. The molecule has 2 amide bonds.